The van der Waals surface area contributed by atoms with Gasteiger partial charge in [0.25, 0.3) is 0 Å². The lowest BCUT2D eigenvalue weighted by atomic mass is 9.78. The molecule has 30 heavy (non-hydrogen) atoms. The molecule has 6 nitrogen and oxygen atoms in total. The summed E-state index contributed by atoms with van der Waals surface area (Å²) in [4.78, 5) is 0. The number of hydrogen-bond acceptors (Lipinski definition) is 6. The van der Waals surface area contributed by atoms with Crippen molar-refractivity contribution in [3.8, 4) is 28.7 Å². The number of rotatable bonds is 4. The number of para-hydroxylation sites is 2. The minimum Gasteiger partial charge on any atom is -0.504 e. The molecule has 3 atom stereocenters. The van der Waals surface area contributed by atoms with Gasteiger partial charge in [-0.2, -0.15) is 0 Å². The second-order valence-corrected chi connectivity index (χ2v) is 7.53. The SMILES string of the molecule is COc1cccc([C@H]2c3cc4c(cc3OC(Nc3ccccc3)[C@@H]2C)OCO4)c1O. The zero-order valence-electron chi connectivity index (χ0n) is 16.8. The number of phenolic OH excluding ortho intramolecular Hbond substituents is 1. The fourth-order valence-corrected chi connectivity index (χ4v) is 4.25. The number of anilines is 1. The normalized spacial score (nSPS) is 21.5. The van der Waals surface area contributed by atoms with E-state index in [4.69, 9.17) is 18.9 Å². The van der Waals surface area contributed by atoms with Gasteiger partial charge in [0.15, 0.2) is 29.2 Å². The number of benzene rings is 3. The Kier molecular flexibility index (Phi) is 4.54. The minimum absolute atomic E-state index is 0.00363. The summed E-state index contributed by atoms with van der Waals surface area (Å²) in [7, 11) is 1.55. The van der Waals surface area contributed by atoms with E-state index in [2.05, 4.69) is 12.2 Å². The quantitative estimate of drug-likeness (QED) is 0.654. The predicted molar refractivity (Wildman–Crippen MR) is 113 cm³/mol. The largest absolute Gasteiger partial charge is 0.504 e. The van der Waals surface area contributed by atoms with Crippen LogP contribution in [-0.4, -0.2) is 25.2 Å². The Morgan fingerprint density at radius 1 is 0.933 bits per heavy atom. The standard InChI is InChI=1S/C24H23NO5/c1-14-22(16-9-6-10-18(27-2)23(16)26)17-11-20-21(29-13-28-20)12-19(17)30-24(14)25-15-7-4-3-5-8-15/h3-12,14,22,24-26H,13H2,1-2H3/t14-,22+,24?/m1/s1. The van der Waals surface area contributed by atoms with Crippen molar-refractivity contribution in [3.63, 3.8) is 0 Å². The van der Waals surface area contributed by atoms with E-state index < -0.39 is 0 Å². The molecule has 0 saturated heterocycles. The molecule has 0 radical (unpaired) electrons. The van der Waals surface area contributed by atoms with E-state index in [-0.39, 0.29) is 30.6 Å². The Morgan fingerprint density at radius 3 is 2.47 bits per heavy atom. The molecule has 2 N–H and O–H groups in total. The van der Waals surface area contributed by atoms with Crippen molar-refractivity contribution >= 4 is 5.69 Å². The average molecular weight is 405 g/mol. The van der Waals surface area contributed by atoms with Crippen LogP contribution >= 0.6 is 0 Å². The molecule has 5 rings (SSSR count). The van der Waals surface area contributed by atoms with Gasteiger partial charge in [-0.25, -0.2) is 0 Å². The predicted octanol–water partition coefficient (Wildman–Crippen LogP) is 4.73. The van der Waals surface area contributed by atoms with Crippen LogP contribution in [0.25, 0.3) is 0 Å². The first-order valence-corrected chi connectivity index (χ1v) is 9.93. The van der Waals surface area contributed by atoms with Gasteiger partial charge in [-0.15, -0.1) is 0 Å². The summed E-state index contributed by atoms with van der Waals surface area (Å²) in [5.74, 6) is 2.50. The smallest absolute Gasteiger partial charge is 0.231 e. The van der Waals surface area contributed by atoms with Gasteiger partial charge in [0.2, 0.25) is 6.79 Å². The fourth-order valence-electron chi connectivity index (χ4n) is 4.25. The zero-order valence-corrected chi connectivity index (χ0v) is 16.8. The molecule has 0 bridgehead atoms. The third kappa shape index (κ3) is 3.05. The highest BCUT2D eigenvalue weighted by Crippen LogP contribution is 2.51. The highest BCUT2D eigenvalue weighted by atomic mass is 16.7. The summed E-state index contributed by atoms with van der Waals surface area (Å²) in [5, 5.41) is 14.4. The number of hydrogen-bond donors (Lipinski definition) is 2. The van der Waals surface area contributed by atoms with Crippen LogP contribution in [0.2, 0.25) is 0 Å². The lowest BCUT2D eigenvalue weighted by Gasteiger charge is -2.39. The number of methoxy groups -OCH3 is 1. The zero-order chi connectivity index (χ0) is 20.7. The molecule has 3 aromatic rings. The third-order valence-corrected chi connectivity index (χ3v) is 5.77. The number of phenols is 1. The molecule has 154 valence electrons. The second-order valence-electron chi connectivity index (χ2n) is 7.53. The van der Waals surface area contributed by atoms with E-state index in [9.17, 15) is 5.11 Å². The summed E-state index contributed by atoms with van der Waals surface area (Å²) in [6.07, 6.45) is -0.309. The summed E-state index contributed by atoms with van der Waals surface area (Å²) in [6, 6.07) is 19.3. The van der Waals surface area contributed by atoms with Crippen LogP contribution in [-0.2, 0) is 0 Å². The lowest BCUT2D eigenvalue weighted by molar-refractivity contribution is 0.133. The van der Waals surface area contributed by atoms with Crippen molar-refractivity contribution < 1.29 is 24.1 Å². The number of aromatic hydroxyl groups is 1. The topological polar surface area (TPSA) is 69.2 Å². The van der Waals surface area contributed by atoms with Crippen LogP contribution in [0.5, 0.6) is 28.7 Å². The molecule has 0 amide bonds. The first kappa shape index (κ1) is 18.5. The van der Waals surface area contributed by atoms with Crippen molar-refractivity contribution in [2.24, 2.45) is 5.92 Å². The van der Waals surface area contributed by atoms with Crippen molar-refractivity contribution in [1.29, 1.82) is 0 Å². The van der Waals surface area contributed by atoms with Crippen LogP contribution in [0, 0.1) is 5.92 Å². The van der Waals surface area contributed by atoms with Crippen LogP contribution in [0.4, 0.5) is 5.69 Å². The Balaban J connectivity index is 1.62. The summed E-state index contributed by atoms with van der Waals surface area (Å²) < 4.78 is 22.9. The van der Waals surface area contributed by atoms with Gasteiger partial charge in [0.1, 0.15) is 5.75 Å². The van der Waals surface area contributed by atoms with E-state index in [1.54, 1.807) is 13.2 Å². The molecule has 0 saturated carbocycles. The summed E-state index contributed by atoms with van der Waals surface area (Å²) >= 11 is 0. The van der Waals surface area contributed by atoms with Crippen LogP contribution in [0.3, 0.4) is 0 Å². The van der Waals surface area contributed by atoms with Crippen molar-refractivity contribution in [2.75, 3.05) is 19.2 Å². The van der Waals surface area contributed by atoms with E-state index in [1.807, 2.05) is 54.6 Å². The van der Waals surface area contributed by atoms with Gasteiger partial charge in [0, 0.05) is 34.7 Å². The van der Waals surface area contributed by atoms with E-state index in [0.717, 1.165) is 16.8 Å². The molecule has 2 aliphatic heterocycles. The molecule has 3 aromatic carbocycles. The van der Waals surface area contributed by atoms with Crippen LogP contribution in [0.15, 0.2) is 60.7 Å². The van der Waals surface area contributed by atoms with E-state index in [0.29, 0.717) is 23.0 Å². The molecule has 6 heteroatoms. The lowest BCUT2D eigenvalue weighted by Crippen LogP contribution is -2.40. The van der Waals surface area contributed by atoms with Crippen LogP contribution < -0.4 is 24.3 Å². The molecule has 2 heterocycles. The van der Waals surface area contributed by atoms with Gasteiger partial charge < -0.3 is 29.4 Å². The van der Waals surface area contributed by atoms with Gasteiger partial charge in [-0.1, -0.05) is 37.3 Å². The Morgan fingerprint density at radius 2 is 1.70 bits per heavy atom. The molecular formula is C24H23NO5. The maximum absolute atomic E-state index is 10.9. The fraction of sp³-hybridized carbons (Fsp3) is 0.250. The second kappa shape index (κ2) is 7.37. The summed E-state index contributed by atoms with van der Waals surface area (Å²) in [5.41, 5.74) is 2.69. The minimum atomic E-state index is -0.309. The monoisotopic (exact) mass is 405 g/mol. The molecule has 0 fully saturated rings. The highest BCUT2D eigenvalue weighted by molar-refractivity contribution is 5.59. The molecule has 0 spiro atoms. The average Bonchev–Trinajstić information content (AvgIpc) is 3.22. The molecule has 0 aliphatic carbocycles. The van der Waals surface area contributed by atoms with Gasteiger partial charge in [0.05, 0.1) is 7.11 Å². The molecule has 2 aliphatic rings. The van der Waals surface area contributed by atoms with E-state index in [1.165, 1.54) is 0 Å². The Labute approximate surface area is 175 Å². The number of nitrogens with one attached hydrogen (secondary N) is 1. The molecular weight excluding hydrogens is 382 g/mol. The van der Waals surface area contributed by atoms with Crippen LogP contribution in [0.1, 0.15) is 24.0 Å². The van der Waals surface area contributed by atoms with Crippen molar-refractivity contribution in [3.05, 3.63) is 71.8 Å². The van der Waals surface area contributed by atoms with Crippen molar-refractivity contribution in [2.45, 2.75) is 19.1 Å². The Bertz CT molecular complexity index is 1070. The van der Waals surface area contributed by atoms with Crippen molar-refractivity contribution in [1.82, 2.24) is 0 Å². The maximum atomic E-state index is 10.9. The maximum Gasteiger partial charge on any atom is 0.231 e. The number of fused-ring (bicyclic) bond motifs is 2. The van der Waals surface area contributed by atoms with Gasteiger partial charge in [-0.3, -0.25) is 0 Å². The summed E-state index contributed by atoms with van der Waals surface area (Å²) in [6.45, 7) is 2.30. The first-order valence-electron chi connectivity index (χ1n) is 9.93. The first-order chi connectivity index (χ1) is 14.7. The van der Waals surface area contributed by atoms with Gasteiger partial charge >= 0.3 is 0 Å². The molecule has 1 unspecified atom stereocenters. The van der Waals surface area contributed by atoms with E-state index >= 15 is 0 Å². The molecule has 0 aromatic heterocycles. The number of ether oxygens (including phenoxy) is 4. The highest BCUT2D eigenvalue weighted by Gasteiger charge is 2.39. The van der Waals surface area contributed by atoms with Gasteiger partial charge in [-0.05, 0) is 24.3 Å². The third-order valence-electron chi connectivity index (χ3n) is 5.77. The Hall–Kier alpha value is -3.54.